The highest BCUT2D eigenvalue weighted by atomic mass is 32.1. The van der Waals surface area contributed by atoms with Gasteiger partial charge in [0.1, 0.15) is 0 Å². The number of rotatable bonds is 4. The molecule has 3 nitrogen and oxygen atoms in total. The number of aliphatic hydroxyl groups is 1. The lowest BCUT2D eigenvalue weighted by Gasteiger charge is -2.14. The maximum absolute atomic E-state index is 12.0. The van der Waals surface area contributed by atoms with E-state index in [4.69, 9.17) is 0 Å². The molecule has 0 radical (unpaired) electrons. The van der Waals surface area contributed by atoms with Gasteiger partial charge in [0.2, 0.25) is 0 Å². The summed E-state index contributed by atoms with van der Waals surface area (Å²) in [6, 6.07) is 2.04. The van der Waals surface area contributed by atoms with Gasteiger partial charge in [-0.25, -0.2) is 0 Å². The average Bonchev–Trinajstić information content (AvgIpc) is 2.73. The molecule has 94 valence electrons. The largest absolute Gasteiger partial charge is 0.393 e. The topological polar surface area (TPSA) is 49.3 Å². The molecule has 0 spiro atoms. The maximum atomic E-state index is 12.0. The molecule has 0 aliphatic heterocycles. The number of carbonyl (C=O) groups excluding carboxylic acids is 1. The molecular formula is C13H19NO2S. The Morgan fingerprint density at radius 2 is 2.29 bits per heavy atom. The number of fused-ring (bicyclic) bond motifs is 1. The van der Waals surface area contributed by atoms with Crippen LogP contribution in [0.5, 0.6) is 0 Å². The summed E-state index contributed by atoms with van der Waals surface area (Å²) in [5.41, 5.74) is 1.35. The van der Waals surface area contributed by atoms with Crippen LogP contribution in [0.2, 0.25) is 0 Å². The van der Waals surface area contributed by atoms with Crippen molar-refractivity contribution in [1.29, 1.82) is 0 Å². The molecule has 0 aromatic carbocycles. The standard InChI is InChI=1S/C13H19NO2S/c1-8(6-9(2)15)14-13(16)12-7-10-4-3-5-11(10)17-12/h7-9,15H,3-6H2,1-2H3,(H,14,16). The van der Waals surface area contributed by atoms with Crippen molar-refractivity contribution in [2.45, 2.75) is 51.7 Å². The van der Waals surface area contributed by atoms with E-state index in [-0.39, 0.29) is 18.1 Å². The third-order valence-corrected chi connectivity index (χ3v) is 4.28. The molecule has 4 heteroatoms. The Balaban J connectivity index is 1.95. The summed E-state index contributed by atoms with van der Waals surface area (Å²) in [4.78, 5) is 14.1. The van der Waals surface area contributed by atoms with Crippen molar-refractivity contribution < 1.29 is 9.90 Å². The number of amides is 1. The first-order valence-corrected chi connectivity index (χ1v) is 6.98. The van der Waals surface area contributed by atoms with Gasteiger partial charge < -0.3 is 10.4 Å². The fraction of sp³-hybridized carbons (Fsp3) is 0.615. The van der Waals surface area contributed by atoms with Gasteiger partial charge in [0.05, 0.1) is 11.0 Å². The van der Waals surface area contributed by atoms with Gasteiger partial charge in [-0.2, -0.15) is 0 Å². The van der Waals surface area contributed by atoms with Crippen LogP contribution in [0.15, 0.2) is 6.07 Å². The van der Waals surface area contributed by atoms with Crippen LogP contribution in [0.4, 0.5) is 0 Å². The lowest BCUT2D eigenvalue weighted by molar-refractivity contribution is 0.0927. The molecule has 1 aromatic heterocycles. The molecule has 1 aliphatic rings. The first kappa shape index (κ1) is 12.6. The van der Waals surface area contributed by atoms with Crippen LogP contribution in [0.3, 0.4) is 0 Å². The summed E-state index contributed by atoms with van der Waals surface area (Å²) >= 11 is 1.62. The monoisotopic (exact) mass is 253 g/mol. The van der Waals surface area contributed by atoms with E-state index in [0.717, 1.165) is 17.7 Å². The highest BCUT2D eigenvalue weighted by Crippen LogP contribution is 2.30. The zero-order valence-electron chi connectivity index (χ0n) is 10.3. The SMILES string of the molecule is CC(O)CC(C)NC(=O)c1cc2c(s1)CCC2. The minimum absolute atomic E-state index is 0.00227. The highest BCUT2D eigenvalue weighted by Gasteiger charge is 2.19. The van der Waals surface area contributed by atoms with Crippen molar-refractivity contribution >= 4 is 17.2 Å². The van der Waals surface area contributed by atoms with Crippen molar-refractivity contribution in [1.82, 2.24) is 5.32 Å². The maximum Gasteiger partial charge on any atom is 0.261 e. The van der Waals surface area contributed by atoms with Gasteiger partial charge in [0.25, 0.3) is 5.91 Å². The number of hydrogen-bond acceptors (Lipinski definition) is 3. The van der Waals surface area contributed by atoms with E-state index in [1.54, 1.807) is 18.3 Å². The Kier molecular flexibility index (Phi) is 3.84. The first-order chi connectivity index (χ1) is 8.06. The van der Waals surface area contributed by atoms with E-state index < -0.39 is 0 Å². The quantitative estimate of drug-likeness (QED) is 0.863. The molecule has 2 rings (SSSR count). The summed E-state index contributed by atoms with van der Waals surface area (Å²) in [7, 11) is 0. The second kappa shape index (κ2) is 5.19. The highest BCUT2D eigenvalue weighted by molar-refractivity contribution is 7.14. The molecule has 17 heavy (non-hydrogen) atoms. The second-order valence-electron chi connectivity index (χ2n) is 4.87. The molecule has 1 heterocycles. The molecule has 2 atom stereocenters. The van der Waals surface area contributed by atoms with E-state index in [2.05, 4.69) is 5.32 Å². The first-order valence-electron chi connectivity index (χ1n) is 6.16. The van der Waals surface area contributed by atoms with Crippen molar-refractivity contribution in [2.75, 3.05) is 0 Å². The van der Waals surface area contributed by atoms with Crippen LogP contribution in [0, 0.1) is 0 Å². The minimum atomic E-state index is -0.376. The fourth-order valence-electron chi connectivity index (χ4n) is 2.31. The molecule has 1 aromatic rings. The molecular weight excluding hydrogens is 234 g/mol. The summed E-state index contributed by atoms with van der Waals surface area (Å²) < 4.78 is 0. The molecule has 0 bridgehead atoms. The van der Waals surface area contributed by atoms with Crippen molar-refractivity contribution in [3.63, 3.8) is 0 Å². The average molecular weight is 253 g/mol. The summed E-state index contributed by atoms with van der Waals surface area (Å²) in [6.07, 6.45) is 3.68. The van der Waals surface area contributed by atoms with Gasteiger partial charge in [-0.1, -0.05) is 0 Å². The van der Waals surface area contributed by atoms with E-state index in [0.29, 0.717) is 6.42 Å². The molecule has 1 aliphatic carbocycles. The molecule has 2 N–H and O–H groups in total. The Labute approximate surface area is 106 Å². The Hall–Kier alpha value is -0.870. The van der Waals surface area contributed by atoms with E-state index in [9.17, 15) is 9.90 Å². The van der Waals surface area contributed by atoms with Gasteiger partial charge in [0.15, 0.2) is 0 Å². The summed E-state index contributed by atoms with van der Waals surface area (Å²) in [6.45, 7) is 3.66. The molecule has 0 saturated heterocycles. The number of carbonyl (C=O) groups is 1. The van der Waals surface area contributed by atoms with Crippen LogP contribution < -0.4 is 5.32 Å². The van der Waals surface area contributed by atoms with Gasteiger partial charge in [-0.15, -0.1) is 11.3 Å². The van der Waals surface area contributed by atoms with Gasteiger partial charge in [-0.3, -0.25) is 4.79 Å². The zero-order valence-corrected chi connectivity index (χ0v) is 11.1. The minimum Gasteiger partial charge on any atom is -0.393 e. The number of hydrogen-bond donors (Lipinski definition) is 2. The van der Waals surface area contributed by atoms with Gasteiger partial charge >= 0.3 is 0 Å². The molecule has 0 fully saturated rings. The van der Waals surface area contributed by atoms with E-state index in [1.807, 2.05) is 13.0 Å². The van der Waals surface area contributed by atoms with Gasteiger partial charge in [-0.05, 0) is 51.2 Å². The van der Waals surface area contributed by atoms with Crippen LogP contribution in [0.1, 0.15) is 46.8 Å². The van der Waals surface area contributed by atoms with Crippen LogP contribution in [-0.4, -0.2) is 23.2 Å². The van der Waals surface area contributed by atoms with Crippen LogP contribution in [-0.2, 0) is 12.8 Å². The molecule has 2 unspecified atom stereocenters. The number of nitrogens with one attached hydrogen (secondary N) is 1. The normalized spacial score (nSPS) is 17.6. The fourth-order valence-corrected chi connectivity index (χ4v) is 3.46. The Morgan fingerprint density at radius 1 is 1.53 bits per heavy atom. The third kappa shape index (κ3) is 3.07. The Morgan fingerprint density at radius 3 is 2.94 bits per heavy atom. The van der Waals surface area contributed by atoms with Crippen molar-refractivity contribution in [3.8, 4) is 0 Å². The predicted molar refractivity (Wildman–Crippen MR) is 69.6 cm³/mol. The van der Waals surface area contributed by atoms with Crippen molar-refractivity contribution in [2.24, 2.45) is 0 Å². The zero-order chi connectivity index (χ0) is 12.4. The van der Waals surface area contributed by atoms with Crippen LogP contribution in [0.25, 0.3) is 0 Å². The number of thiophene rings is 1. The third-order valence-electron chi connectivity index (χ3n) is 3.04. The number of aliphatic hydroxyl groups excluding tert-OH is 1. The molecule has 0 saturated carbocycles. The molecule has 1 amide bonds. The Bertz CT molecular complexity index is 390. The summed E-state index contributed by atoms with van der Waals surface area (Å²) in [5.74, 6) is -0.00227. The van der Waals surface area contributed by atoms with E-state index >= 15 is 0 Å². The smallest absolute Gasteiger partial charge is 0.261 e. The second-order valence-corrected chi connectivity index (χ2v) is 6.01. The van der Waals surface area contributed by atoms with E-state index in [1.165, 1.54) is 16.9 Å². The predicted octanol–water partition coefficient (Wildman–Crippen LogP) is 2.13. The van der Waals surface area contributed by atoms with Gasteiger partial charge in [0, 0.05) is 10.9 Å². The lowest BCUT2D eigenvalue weighted by Crippen LogP contribution is -2.34. The van der Waals surface area contributed by atoms with Crippen LogP contribution >= 0.6 is 11.3 Å². The van der Waals surface area contributed by atoms with Crippen molar-refractivity contribution in [3.05, 3.63) is 21.4 Å². The lowest BCUT2D eigenvalue weighted by atomic mass is 10.1. The summed E-state index contributed by atoms with van der Waals surface area (Å²) in [5, 5.41) is 12.2. The number of aryl methyl sites for hydroxylation is 2.